The van der Waals surface area contributed by atoms with Crippen molar-refractivity contribution >= 4 is 5.91 Å². The fourth-order valence-corrected chi connectivity index (χ4v) is 2.26. The van der Waals surface area contributed by atoms with Gasteiger partial charge in [0.15, 0.2) is 0 Å². The smallest absolute Gasteiger partial charge is 0.251 e. The summed E-state index contributed by atoms with van der Waals surface area (Å²) in [6, 6.07) is 14.8. The molecule has 116 valence electrons. The minimum Gasteiger partial charge on any atom is -0.497 e. The summed E-state index contributed by atoms with van der Waals surface area (Å²) in [5.74, 6) is 1.37. The zero-order chi connectivity index (χ0) is 15.9. The molecular formula is C18H21NO3. The van der Waals surface area contributed by atoms with Crippen LogP contribution in [0, 0.1) is 0 Å². The Morgan fingerprint density at radius 3 is 2.32 bits per heavy atom. The van der Waals surface area contributed by atoms with Gasteiger partial charge in [0.05, 0.1) is 20.3 Å². The zero-order valence-electron chi connectivity index (χ0n) is 13.1. The molecule has 0 aliphatic rings. The standard InChI is InChI=1S/C18H21NO3/c1-4-17(13-8-10-15(21-2)11-9-13)19-18(20)14-6-5-7-16(12-14)22-3/h5-12,17H,4H2,1-3H3,(H,19,20). The van der Waals surface area contributed by atoms with Crippen molar-refractivity contribution in [1.29, 1.82) is 0 Å². The van der Waals surface area contributed by atoms with Crippen molar-refractivity contribution in [2.45, 2.75) is 19.4 Å². The van der Waals surface area contributed by atoms with Gasteiger partial charge in [0.2, 0.25) is 0 Å². The topological polar surface area (TPSA) is 47.6 Å². The predicted molar refractivity (Wildman–Crippen MR) is 86.5 cm³/mol. The Labute approximate surface area is 131 Å². The second-order valence-corrected chi connectivity index (χ2v) is 4.94. The number of rotatable bonds is 6. The van der Waals surface area contributed by atoms with Gasteiger partial charge >= 0.3 is 0 Å². The van der Waals surface area contributed by atoms with E-state index in [0.717, 1.165) is 17.7 Å². The summed E-state index contributed by atoms with van der Waals surface area (Å²) in [6.45, 7) is 2.04. The van der Waals surface area contributed by atoms with E-state index >= 15 is 0 Å². The van der Waals surface area contributed by atoms with E-state index in [1.54, 1.807) is 26.4 Å². The average molecular weight is 299 g/mol. The van der Waals surface area contributed by atoms with Gasteiger partial charge in [-0.05, 0) is 42.3 Å². The molecule has 4 heteroatoms. The number of amides is 1. The largest absolute Gasteiger partial charge is 0.497 e. The molecule has 2 aromatic rings. The molecule has 1 atom stereocenters. The molecule has 2 aromatic carbocycles. The maximum Gasteiger partial charge on any atom is 0.251 e. The average Bonchev–Trinajstić information content (AvgIpc) is 2.59. The van der Waals surface area contributed by atoms with Crippen molar-refractivity contribution in [2.24, 2.45) is 0 Å². The lowest BCUT2D eigenvalue weighted by molar-refractivity contribution is 0.0935. The summed E-state index contributed by atoms with van der Waals surface area (Å²) >= 11 is 0. The lowest BCUT2D eigenvalue weighted by Gasteiger charge is -2.18. The first-order valence-electron chi connectivity index (χ1n) is 7.26. The number of methoxy groups -OCH3 is 2. The van der Waals surface area contributed by atoms with Gasteiger partial charge in [0.25, 0.3) is 5.91 Å². The van der Waals surface area contributed by atoms with Crippen LogP contribution in [-0.4, -0.2) is 20.1 Å². The first-order valence-corrected chi connectivity index (χ1v) is 7.26. The second kappa shape index (κ2) is 7.50. The number of ether oxygens (including phenoxy) is 2. The molecular weight excluding hydrogens is 278 g/mol. The number of carbonyl (C=O) groups excluding carboxylic acids is 1. The summed E-state index contributed by atoms with van der Waals surface area (Å²) in [5, 5.41) is 3.05. The molecule has 0 aromatic heterocycles. The molecule has 0 spiro atoms. The number of hydrogen-bond acceptors (Lipinski definition) is 3. The molecule has 0 bridgehead atoms. The van der Waals surface area contributed by atoms with Crippen molar-refractivity contribution in [1.82, 2.24) is 5.32 Å². The lowest BCUT2D eigenvalue weighted by atomic mass is 10.0. The number of nitrogens with one attached hydrogen (secondary N) is 1. The quantitative estimate of drug-likeness (QED) is 0.887. The van der Waals surface area contributed by atoms with Gasteiger partial charge in [-0.1, -0.05) is 25.1 Å². The van der Waals surface area contributed by atoms with Crippen molar-refractivity contribution in [3.63, 3.8) is 0 Å². The fourth-order valence-electron chi connectivity index (χ4n) is 2.26. The summed E-state index contributed by atoms with van der Waals surface area (Å²) in [4.78, 5) is 12.4. The van der Waals surface area contributed by atoms with E-state index < -0.39 is 0 Å². The molecule has 2 rings (SSSR count). The minimum atomic E-state index is -0.110. The van der Waals surface area contributed by atoms with Crippen LogP contribution in [0.2, 0.25) is 0 Å². The van der Waals surface area contributed by atoms with Crippen LogP contribution in [-0.2, 0) is 0 Å². The third-order valence-corrected chi connectivity index (χ3v) is 3.56. The number of carbonyl (C=O) groups is 1. The van der Waals surface area contributed by atoms with Gasteiger partial charge in [0, 0.05) is 5.56 Å². The number of hydrogen-bond donors (Lipinski definition) is 1. The van der Waals surface area contributed by atoms with Gasteiger partial charge in [-0.25, -0.2) is 0 Å². The monoisotopic (exact) mass is 299 g/mol. The SMILES string of the molecule is CCC(NC(=O)c1cccc(OC)c1)c1ccc(OC)cc1. The lowest BCUT2D eigenvalue weighted by Crippen LogP contribution is -2.28. The highest BCUT2D eigenvalue weighted by Crippen LogP contribution is 2.21. The van der Waals surface area contributed by atoms with E-state index in [0.29, 0.717) is 11.3 Å². The van der Waals surface area contributed by atoms with E-state index in [1.807, 2.05) is 43.3 Å². The Balaban J connectivity index is 2.12. The Morgan fingerprint density at radius 1 is 1.05 bits per heavy atom. The Kier molecular flexibility index (Phi) is 5.42. The van der Waals surface area contributed by atoms with Crippen LogP contribution < -0.4 is 14.8 Å². The summed E-state index contributed by atoms with van der Waals surface area (Å²) in [7, 11) is 3.22. The molecule has 22 heavy (non-hydrogen) atoms. The van der Waals surface area contributed by atoms with Crippen molar-refractivity contribution in [2.75, 3.05) is 14.2 Å². The van der Waals surface area contributed by atoms with Gasteiger partial charge < -0.3 is 14.8 Å². The molecule has 0 aliphatic heterocycles. The second-order valence-electron chi connectivity index (χ2n) is 4.94. The van der Waals surface area contributed by atoms with E-state index in [1.165, 1.54) is 0 Å². The van der Waals surface area contributed by atoms with Crippen LogP contribution in [0.1, 0.15) is 35.3 Å². The molecule has 0 fully saturated rings. The van der Waals surface area contributed by atoms with E-state index in [-0.39, 0.29) is 11.9 Å². The highest BCUT2D eigenvalue weighted by atomic mass is 16.5. The summed E-state index contributed by atoms with van der Waals surface area (Å²) in [6.07, 6.45) is 0.808. The first kappa shape index (κ1) is 15.9. The van der Waals surface area contributed by atoms with Gasteiger partial charge in [-0.2, -0.15) is 0 Å². The van der Waals surface area contributed by atoms with E-state index in [9.17, 15) is 4.79 Å². The predicted octanol–water partition coefficient (Wildman–Crippen LogP) is 3.58. The van der Waals surface area contributed by atoms with Gasteiger partial charge in [-0.15, -0.1) is 0 Å². The maximum absolute atomic E-state index is 12.4. The molecule has 1 amide bonds. The van der Waals surface area contributed by atoms with Crippen molar-refractivity contribution in [3.05, 3.63) is 59.7 Å². The molecule has 0 heterocycles. The molecule has 0 radical (unpaired) electrons. The van der Waals surface area contributed by atoms with Crippen LogP contribution in [0.4, 0.5) is 0 Å². The zero-order valence-corrected chi connectivity index (χ0v) is 13.1. The van der Waals surface area contributed by atoms with Crippen LogP contribution in [0.15, 0.2) is 48.5 Å². The van der Waals surface area contributed by atoms with Crippen LogP contribution in [0.25, 0.3) is 0 Å². The molecule has 0 saturated heterocycles. The molecule has 1 unspecified atom stereocenters. The molecule has 4 nitrogen and oxygen atoms in total. The Bertz CT molecular complexity index is 622. The highest BCUT2D eigenvalue weighted by Gasteiger charge is 2.14. The third-order valence-electron chi connectivity index (χ3n) is 3.56. The summed E-state index contributed by atoms with van der Waals surface area (Å²) < 4.78 is 10.3. The first-order chi connectivity index (χ1) is 10.7. The van der Waals surface area contributed by atoms with Gasteiger partial charge in [-0.3, -0.25) is 4.79 Å². The molecule has 0 saturated carbocycles. The molecule has 1 N–H and O–H groups in total. The van der Waals surface area contributed by atoms with Crippen molar-refractivity contribution < 1.29 is 14.3 Å². The maximum atomic E-state index is 12.4. The molecule has 0 aliphatic carbocycles. The van der Waals surface area contributed by atoms with Gasteiger partial charge in [0.1, 0.15) is 11.5 Å². The fraction of sp³-hybridized carbons (Fsp3) is 0.278. The van der Waals surface area contributed by atoms with Crippen LogP contribution >= 0.6 is 0 Å². The van der Waals surface area contributed by atoms with Crippen molar-refractivity contribution in [3.8, 4) is 11.5 Å². The van der Waals surface area contributed by atoms with E-state index in [4.69, 9.17) is 9.47 Å². The normalized spacial score (nSPS) is 11.6. The summed E-state index contributed by atoms with van der Waals surface area (Å²) in [5.41, 5.74) is 1.64. The highest BCUT2D eigenvalue weighted by molar-refractivity contribution is 5.94. The Hall–Kier alpha value is -2.49. The van der Waals surface area contributed by atoms with E-state index in [2.05, 4.69) is 5.32 Å². The van der Waals surface area contributed by atoms with Crippen LogP contribution in [0.3, 0.4) is 0 Å². The minimum absolute atomic E-state index is 0.0374. The van der Waals surface area contributed by atoms with Crippen LogP contribution in [0.5, 0.6) is 11.5 Å². The number of benzene rings is 2. The Morgan fingerprint density at radius 2 is 1.73 bits per heavy atom. The third kappa shape index (κ3) is 3.79.